The van der Waals surface area contributed by atoms with Gasteiger partial charge in [-0.1, -0.05) is 19.4 Å². The first-order valence-electron chi connectivity index (χ1n) is 8.57. The Morgan fingerprint density at radius 3 is 2.75 bits per heavy atom. The van der Waals surface area contributed by atoms with E-state index >= 15 is 0 Å². The molecule has 5 nitrogen and oxygen atoms in total. The molecule has 5 heteroatoms. The molecule has 0 amide bonds. The molecule has 0 saturated carbocycles. The molecule has 0 saturated heterocycles. The number of rotatable bonds is 3. The normalized spacial score (nSPS) is 17.8. The number of aromatic nitrogens is 3. The fourth-order valence-corrected chi connectivity index (χ4v) is 3.24. The van der Waals surface area contributed by atoms with E-state index in [9.17, 15) is 0 Å². The van der Waals surface area contributed by atoms with Crippen LogP contribution in [0.15, 0.2) is 17.4 Å². The van der Waals surface area contributed by atoms with Crippen LogP contribution in [0, 0.1) is 13.8 Å². The lowest BCUT2D eigenvalue weighted by Gasteiger charge is -2.18. The van der Waals surface area contributed by atoms with Gasteiger partial charge in [0.1, 0.15) is 0 Å². The quantitative estimate of drug-likeness (QED) is 0.907. The van der Waals surface area contributed by atoms with Gasteiger partial charge >= 0.3 is 0 Å². The molecule has 0 bridgehead atoms. The molecule has 0 fully saturated rings. The van der Waals surface area contributed by atoms with Crippen LogP contribution in [-0.4, -0.2) is 27.4 Å². The second-order valence-electron chi connectivity index (χ2n) is 6.37. The van der Waals surface area contributed by atoms with Crippen LogP contribution in [0.25, 0.3) is 17.3 Å². The van der Waals surface area contributed by atoms with Gasteiger partial charge in [0, 0.05) is 23.4 Å². The highest BCUT2D eigenvalue weighted by molar-refractivity contribution is 5.86. The average molecular weight is 323 g/mol. The summed E-state index contributed by atoms with van der Waals surface area (Å²) in [6.07, 6.45) is 9.01. The molecule has 1 aliphatic rings. The number of nitrogens with one attached hydrogen (secondary N) is 2. The van der Waals surface area contributed by atoms with Crippen molar-refractivity contribution in [2.75, 3.05) is 6.54 Å². The number of aryl methyl sites for hydroxylation is 1. The van der Waals surface area contributed by atoms with Crippen molar-refractivity contribution < 1.29 is 0 Å². The van der Waals surface area contributed by atoms with Crippen LogP contribution in [0.5, 0.6) is 0 Å². The molecular formula is C19H25N5. The lowest BCUT2D eigenvalue weighted by molar-refractivity contribution is 0.822. The monoisotopic (exact) mass is 323 g/mol. The Kier molecular flexibility index (Phi) is 4.79. The third-order valence-electron chi connectivity index (χ3n) is 4.51. The zero-order valence-electron chi connectivity index (χ0n) is 14.9. The van der Waals surface area contributed by atoms with Gasteiger partial charge in [-0.3, -0.25) is 5.10 Å². The van der Waals surface area contributed by atoms with Gasteiger partial charge in [-0.25, -0.2) is 4.98 Å². The van der Waals surface area contributed by atoms with Gasteiger partial charge in [0.25, 0.3) is 0 Å². The van der Waals surface area contributed by atoms with E-state index in [4.69, 9.17) is 4.98 Å². The van der Waals surface area contributed by atoms with Crippen molar-refractivity contribution in [3.05, 3.63) is 40.4 Å². The fraction of sp³-hybridized carbons (Fsp3) is 0.421. The van der Waals surface area contributed by atoms with Crippen LogP contribution in [-0.2, 0) is 12.8 Å². The molecule has 2 N–H and O–H groups in total. The number of nitrogens with zero attached hydrogens (tertiary/aromatic N) is 3. The Hall–Kier alpha value is -2.43. The van der Waals surface area contributed by atoms with E-state index in [1.54, 1.807) is 0 Å². The van der Waals surface area contributed by atoms with E-state index in [0.717, 1.165) is 47.6 Å². The van der Waals surface area contributed by atoms with Crippen molar-refractivity contribution in [1.82, 2.24) is 20.6 Å². The molecule has 0 aromatic carbocycles. The Labute approximate surface area is 143 Å². The number of hydrogen-bond acceptors (Lipinski definition) is 4. The predicted octanol–water partition coefficient (Wildman–Crippen LogP) is 3.58. The molecule has 0 atom stereocenters. The molecule has 0 unspecified atom stereocenters. The highest BCUT2D eigenvalue weighted by atomic mass is 15.3. The third-order valence-corrected chi connectivity index (χ3v) is 4.51. The van der Waals surface area contributed by atoms with Gasteiger partial charge in [0.15, 0.2) is 0 Å². The first-order valence-corrected chi connectivity index (χ1v) is 8.57. The summed E-state index contributed by atoms with van der Waals surface area (Å²) in [6.45, 7) is 9.26. The smallest absolute Gasteiger partial charge is 0.0778 e. The number of hydrazone groups is 1. The van der Waals surface area contributed by atoms with E-state index < -0.39 is 0 Å². The van der Waals surface area contributed by atoms with E-state index in [0.29, 0.717) is 6.54 Å². The van der Waals surface area contributed by atoms with Crippen molar-refractivity contribution in [3.63, 3.8) is 0 Å². The molecule has 3 rings (SSSR count). The van der Waals surface area contributed by atoms with Gasteiger partial charge in [-0.05, 0) is 50.0 Å². The minimum absolute atomic E-state index is 0.717. The van der Waals surface area contributed by atoms with Crippen molar-refractivity contribution in [3.8, 4) is 11.3 Å². The van der Waals surface area contributed by atoms with Crippen LogP contribution in [0.4, 0.5) is 0 Å². The highest BCUT2D eigenvalue weighted by Gasteiger charge is 2.19. The van der Waals surface area contributed by atoms with Gasteiger partial charge < -0.3 is 5.43 Å². The maximum absolute atomic E-state index is 5.04. The lowest BCUT2D eigenvalue weighted by Crippen LogP contribution is -2.11. The summed E-state index contributed by atoms with van der Waals surface area (Å²) in [6, 6.07) is 0. The van der Waals surface area contributed by atoms with Crippen molar-refractivity contribution in [2.24, 2.45) is 5.10 Å². The molecule has 2 aromatic rings. The van der Waals surface area contributed by atoms with Gasteiger partial charge in [0.05, 0.1) is 24.1 Å². The summed E-state index contributed by atoms with van der Waals surface area (Å²) < 4.78 is 0. The largest absolute Gasteiger partial charge is 0.306 e. The average Bonchev–Trinajstić information content (AvgIpc) is 3.00. The number of pyridine rings is 1. The second-order valence-corrected chi connectivity index (χ2v) is 6.37. The number of fused-ring (bicyclic) bond motifs is 1. The van der Waals surface area contributed by atoms with Crippen LogP contribution in [0.1, 0.15) is 48.3 Å². The minimum atomic E-state index is 0.717. The van der Waals surface area contributed by atoms with Crippen LogP contribution < -0.4 is 5.43 Å². The fourth-order valence-electron chi connectivity index (χ4n) is 3.24. The minimum Gasteiger partial charge on any atom is -0.306 e. The number of H-pyrrole nitrogens is 1. The van der Waals surface area contributed by atoms with Crippen LogP contribution in [0.2, 0.25) is 0 Å². The van der Waals surface area contributed by atoms with E-state index in [1.807, 2.05) is 13.1 Å². The summed E-state index contributed by atoms with van der Waals surface area (Å²) in [7, 11) is 0. The lowest BCUT2D eigenvalue weighted by atomic mass is 9.91. The van der Waals surface area contributed by atoms with Crippen molar-refractivity contribution in [2.45, 2.75) is 47.0 Å². The van der Waals surface area contributed by atoms with Gasteiger partial charge in [0.2, 0.25) is 0 Å². The summed E-state index contributed by atoms with van der Waals surface area (Å²) >= 11 is 0. The molecule has 0 radical (unpaired) electrons. The zero-order chi connectivity index (χ0) is 17.1. The molecule has 3 heterocycles. The molecular weight excluding hydrogens is 298 g/mol. The summed E-state index contributed by atoms with van der Waals surface area (Å²) in [5.74, 6) is 0. The predicted molar refractivity (Wildman–Crippen MR) is 99.1 cm³/mol. The van der Waals surface area contributed by atoms with Crippen LogP contribution >= 0.6 is 0 Å². The van der Waals surface area contributed by atoms with E-state index in [-0.39, 0.29) is 0 Å². The van der Waals surface area contributed by atoms with Crippen molar-refractivity contribution >= 4 is 11.8 Å². The Morgan fingerprint density at radius 1 is 1.21 bits per heavy atom. The molecule has 0 aliphatic carbocycles. The summed E-state index contributed by atoms with van der Waals surface area (Å²) in [5.41, 5.74) is 12.4. The second kappa shape index (κ2) is 6.99. The van der Waals surface area contributed by atoms with Crippen molar-refractivity contribution in [1.29, 1.82) is 0 Å². The van der Waals surface area contributed by atoms with Crippen LogP contribution in [0.3, 0.4) is 0 Å². The molecule has 1 aliphatic heterocycles. The summed E-state index contributed by atoms with van der Waals surface area (Å²) in [5, 5.41) is 11.6. The molecule has 24 heavy (non-hydrogen) atoms. The SMILES string of the molecule is CCCc1c(-c2cn[nH]c2C)nc2c(c1C)C/C(C)=N\NC/C=C\2. The molecule has 126 valence electrons. The number of aromatic amines is 1. The highest BCUT2D eigenvalue weighted by Crippen LogP contribution is 2.31. The van der Waals surface area contributed by atoms with E-state index in [2.05, 4.69) is 53.6 Å². The Morgan fingerprint density at radius 2 is 2.04 bits per heavy atom. The maximum Gasteiger partial charge on any atom is 0.0778 e. The molecule has 0 spiro atoms. The first-order chi connectivity index (χ1) is 11.6. The third kappa shape index (κ3) is 3.11. The first kappa shape index (κ1) is 16.4. The standard InChI is InChI=1S/C19H25N5/c1-5-7-15-13(3)16-10-12(2)23-20-9-6-8-18(16)22-19(15)17-11-21-24-14(17)4/h6,8,11,20H,5,7,9-10H2,1-4H3,(H,21,24)/b8-6-,23-12-. The maximum atomic E-state index is 5.04. The van der Waals surface area contributed by atoms with E-state index in [1.165, 1.54) is 16.7 Å². The summed E-state index contributed by atoms with van der Waals surface area (Å²) in [4.78, 5) is 5.04. The topological polar surface area (TPSA) is 66.0 Å². The van der Waals surface area contributed by atoms with Gasteiger partial charge in [-0.2, -0.15) is 10.2 Å². The Balaban J connectivity index is 2.24. The molecule has 2 aromatic heterocycles. The Bertz CT molecular complexity index is 798. The number of hydrogen-bond donors (Lipinski definition) is 2. The van der Waals surface area contributed by atoms with Gasteiger partial charge in [-0.15, -0.1) is 0 Å². The zero-order valence-corrected chi connectivity index (χ0v) is 14.9.